The Hall–Kier alpha value is -3.01. The quantitative estimate of drug-likeness (QED) is 0.289. The van der Waals surface area contributed by atoms with Crippen LogP contribution < -0.4 is 10.9 Å². The molecule has 1 aliphatic heterocycles. The molecule has 0 radical (unpaired) electrons. The number of benzene rings is 1. The van der Waals surface area contributed by atoms with Gasteiger partial charge in [0, 0.05) is 24.0 Å². The molecule has 0 saturated carbocycles. The fraction of sp³-hybridized carbons (Fsp3) is 0.308. The predicted octanol–water partition coefficient (Wildman–Crippen LogP) is 4.68. The number of fused-ring (bicyclic) bond motifs is 3. The number of pyridine rings is 1. The Morgan fingerprint density at radius 1 is 1.20 bits per heavy atom. The summed E-state index contributed by atoms with van der Waals surface area (Å²) >= 11 is 2.79. The third-order valence-corrected chi connectivity index (χ3v) is 7.96. The maximum absolute atomic E-state index is 13.8. The number of nitrogens with one attached hydrogen (secondary N) is 1. The van der Waals surface area contributed by atoms with E-state index in [0.717, 1.165) is 16.0 Å². The molecule has 4 aromatic rings. The van der Waals surface area contributed by atoms with Gasteiger partial charge in [0.15, 0.2) is 5.16 Å². The van der Waals surface area contributed by atoms with Crippen LogP contribution >= 0.6 is 23.1 Å². The van der Waals surface area contributed by atoms with Gasteiger partial charge in [-0.25, -0.2) is 9.97 Å². The number of thioether (sulfide) groups is 1. The van der Waals surface area contributed by atoms with Crippen LogP contribution in [0.4, 0.5) is 5.82 Å². The Morgan fingerprint density at radius 2 is 2.00 bits per heavy atom. The van der Waals surface area contributed by atoms with E-state index in [9.17, 15) is 9.59 Å². The minimum atomic E-state index is -0.320. The zero-order chi connectivity index (χ0) is 24.4. The normalized spacial score (nSPS) is 14.6. The first kappa shape index (κ1) is 23.7. The third kappa shape index (κ3) is 5.32. The first-order valence-electron chi connectivity index (χ1n) is 11.5. The lowest BCUT2D eigenvalue weighted by atomic mass is 9.94. The van der Waals surface area contributed by atoms with Crippen molar-refractivity contribution in [1.82, 2.24) is 14.5 Å². The Kier molecular flexibility index (Phi) is 6.73. The molecule has 7 nitrogen and oxygen atoms in total. The molecule has 3 aromatic heterocycles. The SMILES string of the molecule is CC1(C)Cc2c(sc3nc(SCC(=O)Nc4ccccn4)n(CCc4ccccc4)c(=O)c23)CO1. The first-order chi connectivity index (χ1) is 16.9. The molecular formula is C26H26N4O3S2. The van der Waals surface area contributed by atoms with Gasteiger partial charge in [-0.1, -0.05) is 48.2 Å². The molecule has 1 aliphatic rings. The van der Waals surface area contributed by atoms with Gasteiger partial charge in [0.2, 0.25) is 5.91 Å². The molecule has 1 N–H and O–H groups in total. The lowest BCUT2D eigenvalue weighted by Crippen LogP contribution is -2.32. The molecule has 9 heteroatoms. The zero-order valence-electron chi connectivity index (χ0n) is 19.6. The lowest BCUT2D eigenvalue weighted by molar-refractivity contribution is -0.113. The van der Waals surface area contributed by atoms with Gasteiger partial charge in [0.05, 0.1) is 23.3 Å². The zero-order valence-corrected chi connectivity index (χ0v) is 21.2. The van der Waals surface area contributed by atoms with Crippen LogP contribution in [0.2, 0.25) is 0 Å². The van der Waals surface area contributed by atoms with Crippen molar-refractivity contribution in [1.29, 1.82) is 0 Å². The highest BCUT2D eigenvalue weighted by molar-refractivity contribution is 7.99. The average Bonchev–Trinajstić information content (AvgIpc) is 3.20. The Balaban J connectivity index is 1.47. The van der Waals surface area contributed by atoms with Crippen molar-refractivity contribution < 1.29 is 9.53 Å². The first-order valence-corrected chi connectivity index (χ1v) is 13.3. The number of aryl methyl sites for hydroxylation is 1. The molecule has 5 rings (SSSR count). The summed E-state index contributed by atoms with van der Waals surface area (Å²) in [5.74, 6) is 0.427. The van der Waals surface area contributed by atoms with Crippen LogP contribution in [0.1, 0.15) is 29.9 Å². The van der Waals surface area contributed by atoms with Gasteiger partial charge < -0.3 is 10.1 Å². The molecule has 0 unspecified atom stereocenters. The van der Waals surface area contributed by atoms with Crippen LogP contribution in [-0.2, 0) is 35.5 Å². The van der Waals surface area contributed by atoms with Crippen molar-refractivity contribution in [3.05, 3.63) is 81.1 Å². The number of nitrogens with zero attached hydrogens (tertiary/aromatic N) is 3. The van der Waals surface area contributed by atoms with E-state index in [-0.39, 0.29) is 22.8 Å². The molecular weight excluding hydrogens is 480 g/mol. The maximum Gasteiger partial charge on any atom is 0.263 e. The van der Waals surface area contributed by atoms with Gasteiger partial charge in [0.25, 0.3) is 5.56 Å². The van der Waals surface area contributed by atoms with Crippen LogP contribution in [0, 0.1) is 0 Å². The number of amides is 1. The number of anilines is 1. The number of hydrogen-bond acceptors (Lipinski definition) is 7. The molecule has 35 heavy (non-hydrogen) atoms. The number of ether oxygens (including phenoxy) is 1. The van der Waals surface area contributed by atoms with Crippen LogP contribution in [0.5, 0.6) is 0 Å². The van der Waals surface area contributed by atoms with Crippen LogP contribution in [0.25, 0.3) is 10.2 Å². The molecule has 4 heterocycles. The minimum Gasteiger partial charge on any atom is -0.370 e. The summed E-state index contributed by atoms with van der Waals surface area (Å²) in [4.78, 5) is 37.2. The average molecular weight is 507 g/mol. The van der Waals surface area contributed by atoms with Gasteiger partial charge in [-0.15, -0.1) is 11.3 Å². The van der Waals surface area contributed by atoms with Crippen molar-refractivity contribution >= 4 is 45.0 Å². The van der Waals surface area contributed by atoms with E-state index in [2.05, 4.69) is 22.4 Å². The maximum atomic E-state index is 13.8. The second-order valence-corrected chi connectivity index (χ2v) is 11.1. The predicted molar refractivity (Wildman–Crippen MR) is 140 cm³/mol. The number of carbonyl (C=O) groups is 1. The van der Waals surface area contributed by atoms with Crippen LogP contribution in [0.3, 0.4) is 0 Å². The second-order valence-electron chi connectivity index (χ2n) is 9.05. The highest BCUT2D eigenvalue weighted by atomic mass is 32.2. The lowest BCUT2D eigenvalue weighted by Gasteiger charge is -2.29. The number of hydrogen-bond donors (Lipinski definition) is 1. The fourth-order valence-electron chi connectivity index (χ4n) is 4.15. The highest BCUT2D eigenvalue weighted by Crippen LogP contribution is 2.37. The summed E-state index contributed by atoms with van der Waals surface area (Å²) in [5.41, 5.74) is 1.83. The number of rotatable bonds is 7. The van der Waals surface area contributed by atoms with E-state index >= 15 is 0 Å². The summed E-state index contributed by atoms with van der Waals surface area (Å²) in [5, 5.41) is 4.03. The molecule has 1 amide bonds. The molecule has 0 aliphatic carbocycles. The minimum absolute atomic E-state index is 0.0474. The van der Waals surface area contributed by atoms with Gasteiger partial charge in [-0.05, 0) is 43.5 Å². The van der Waals surface area contributed by atoms with Gasteiger partial charge in [-0.2, -0.15) is 0 Å². The molecule has 0 spiro atoms. The number of aromatic nitrogens is 3. The molecule has 0 bridgehead atoms. The molecule has 0 saturated heterocycles. The van der Waals surface area contributed by atoms with E-state index in [1.165, 1.54) is 23.1 Å². The van der Waals surface area contributed by atoms with Crippen molar-refractivity contribution in [2.45, 2.75) is 50.6 Å². The second kappa shape index (κ2) is 9.93. The van der Waals surface area contributed by atoms with E-state index < -0.39 is 0 Å². The largest absolute Gasteiger partial charge is 0.370 e. The van der Waals surface area contributed by atoms with Crippen molar-refractivity contribution in [2.24, 2.45) is 0 Å². The summed E-state index contributed by atoms with van der Waals surface area (Å²) in [6, 6.07) is 15.4. The topological polar surface area (TPSA) is 86.1 Å². The standard InChI is InChI=1S/C26H26N4O3S2/c1-26(2)14-18-19(15-33-26)35-23-22(18)24(32)30(13-11-17-8-4-3-5-9-17)25(29-23)34-16-21(31)28-20-10-6-7-12-27-20/h3-10,12H,11,13-16H2,1-2H3,(H,27,28,31). The molecule has 180 valence electrons. The van der Waals surface area contributed by atoms with Crippen LogP contribution in [0.15, 0.2) is 64.7 Å². The van der Waals surface area contributed by atoms with E-state index in [4.69, 9.17) is 9.72 Å². The van der Waals surface area contributed by atoms with E-state index in [1.54, 1.807) is 22.9 Å². The van der Waals surface area contributed by atoms with E-state index in [1.807, 2.05) is 38.1 Å². The molecule has 1 aromatic carbocycles. The number of carbonyl (C=O) groups excluding carboxylic acids is 1. The van der Waals surface area contributed by atoms with Gasteiger partial charge in [-0.3, -0.25) is 14.2 Å². The summed E-state index contributed by atoms with van der Waals surface area (Å²) < 4.78 is 7.70. The summed E-state index contributed by atoms with van der Waals surface area (Å²) in [6.07, 6.45) is 3.00. The smallest absolute Gasteiger partial charge is 0.263 e. The molecule has 0 fully saturated rings. The monoisotopic (exact) mass is 506 g/mol. The fourth-order valence-corrected chi connectivity index (χ4v) is 6.12. The van der Waals surface area contributed by atoms with Crippen molar-refractivity contribution in [3.8, 4) is 0 Å². The summed E-state index contributed by atoms with van der Waals surface area (Å²) in [7, 11) is 0. The number of thiophene rings is 1. The van der Waals surface area contributed by atoms with E-state index in [0.29, 0.717) is 47.2 Å². The Bertz CT molecular complexity index is 1420. The Labute approximate surface area is 211 Å². The third-order valence-electron chi connectivity index (χ3n) is 5.89. The van der Waals surface area contributed by atoms with Gasteiger partial charge in [0.1, 0.15) is 10.6 Å². The van der Waals surface area contributed by atoms with Crippen molar-refractivity contribution in [2.75, 3.05) is 11.1 Å². The highest BCUT2D eigenvalue weighted by Gasteiger charge is 2.31. The van der Waals surface area contributed by atoms with Crippen molar-refractivity contribution in [3.63, 3.8) is 0 Å². The van der Waals surface area contributed by atoms with Gasteiger partial charge >= 0.3 is 0 Å². The van der Waals surface area contributed by atoms with Crippen LogP contribution in [-0.4, -0.2) is 31.8 Å². The summed E-state index contributed by atoms with van der Waals surface area (Å²) in [6.45, 7) is 5.07. The Morgan fingerprint density at radius 3 is 2.77 bits per heavy atom. The molecule has 0 atom stereocenters.